The first-order chi connectivity index (χ1) is 11.1. The highest BCUT2D eigenvalue weighted by atomic mass is 16.5. The Bertz CT molecular complexity index is 870. The van der Waals surface area contributed by atoms with Crippen molar-refractivity contribution in [2.24, 2.45) is 0 Å². The Kier molecular flexibility index (Phi) is 3.89. The van der Waals surface area contributed by atoms with Crippen LogP contribution < -0.4 is 15.8 Å². The SMILES string of the molecule is CCOc1cc2c(-c3cccc(NC(C)=O)c3)n[nH]c2cc1N. The van der Waals surface area contributed by atoms with Crippen LogP contribution in [0.5, 0.6) is 5.75 Å². The first kappa shape index (κ1) is 14.9. The Morgan fingerprint density at radius 1 is 1.35 bits per heavy atom. The summed E-state index contributed by atoms with van der Waals surface area (Å²) >= 11 is 0. The minimum atomic E-state index is -0.111. The molecule has 0 unspecified atom stereocenters. The number of nitrogen functional groups attached to an aromatic ring is 1. The number of nitrogens with one attached hydrogen (secondary N) is 2. The van der Waals surface area contributed by atoms with E-state index in [1.807, 2.05) is 43.3 Å². The van der Waals surface area contributed by atoms with Crippen molar-refractivity contribution >= 4 is 28.2 Å². The fourth-order valence-electron chi connectivity index (χ4n) is 2.51. The smallest absolute Gasteiger partial charge is 0.221 e. The molecule has 0 saturated carbocycles. The van der Waals surface area contributed by atoms with Gasteiger partial charge in [-0.05, 0) is 31.2 Å². The van der Waals surface area contributed by atoms with Gasteiger partial charge in [0.1, 0.15) is 11.4 Å². The van der Waals surface area contributed by atoms with E-state index in [1.165, 1.54) is 6.92 Å². The number of H-pyrrole nitrogens is 1. The van der Waals surface area contributed by atoms with Gasteiger partial charge in [-0.25, -0.2) is 0 Å². The van der Waals surface area contributed by atoms with E-state index in [2.05, 4.69) is 15.5 Å². The topological polar surface area (TPSA) is 93.0 Å². The minimum Gasteiger partial charge on any atom is -0.492 e. The van der Waals surface area contributed by atoms with Crippen molar-refractivity contribution in [3.05, 3.63) is 36.4 Å². The van der Waals surface area contributed by atoms with Crippen molar-refractivity contribution < 1.29 is 9.53 Å². The van der Waals surface area contributed by atoms with Gasteiger partial charge >= 0.3 is 0 Å². The van der Waals surface area contributed by atoms with Crippen LogP contribution in [0, 0.1) is 0 Å². The van der Waals surface area contributed by atoms with Crippen molar-refractivity contribution in [3.8, 4) is 17.0 Å². The van der Waals surface area contributed by atoms with Gasteiger partial charge in [-0.2, -0.15) is 5.10 Å². The van der Waals surface area contributed by atoms with E-state index in [0.717, 1.165) is 27.8 Å². The largest absolute Gasteiger partial charge is 0.492 e. The molecule has 3 aromatic rings. The number of nitrogens with two attached hydrogens (primary N) is 1. The summed E-state index contributed by atoms with van der Waals surface area (Å²) in [4.78, 5) is 11.2. The number of carbonyl (C=O) groups excluding carboxylic acids is 1. The monoisotopic (exact) mass is 310 g/mol. The summed E-state index contributed by atoms with van der Waals surface area (Å²) < 4.78 is 5.56. The highest BCUT2D eigenvalue weighted by Crippen LogP contribution is 2.33. The van der Waals surface area contributed by atoms with E-state index < -0.39 is 0 Å². The number of hydrogen-bond donors (Lipinski definition) is 3. The minimum absolute atomic E-state index is 0.111. The zero-order valence-corrected chi connectivity index (χ0v) is 13.0. The number of fused-ring (bicyclic) bond motifs is 1. The number of amides is 1. The van der Waals surface area contributed by atoms with Crippen molar-refractivity contribution in [3.63, 3.8) is 0 Å². The fourth-order valence-corrected chi connectivity index (χ4v) is 2.51. The Morgan fingerprint density at radius 3 is 2.91 bits per heavy atom. The third kappa shape index (κ3) is 2.96. The molecule has 0 aliphatic carbocycles. The average Bonchev–Trinajstić information content (AvgIpc) is 2.90. The molecule has 3 rings (SSSR count). The predicted molar refractivity (Wildman–Crippen MR) is 91.4 cm³/mol. The summed E-state index contributed by atoms with van der Waals surface area (Å²) in [5, 5.41) is 11.1. The molecule has 4 N–H and O–H groups in total. The quantitative estimate of drug-likeness (QED) is 0.645. The Balaban J connectivity index is 2.09. The third-order valence-electron chi connectivity index (χ3n) is 3.45. The highest BCUT2D eigenvalue weighted by Gasteiger charge is 2.12. The fraction of sp³-hybridized carbons (Fsp3) is 0.176. The lowest BCUT2D eigenvalue weighted by Gasteiger charge is -2.07. The Morgan fingerprint density at radius 2 is 2.17 bits per heavy atom. The van der Waals surface area contributed by atoms with E-state index in [1.54, 1.807) is 0 Å². The van der Waals surface area contributed by atoms with Crippen LogP contribution in [-0.2, 0) is 4.79 Å². The van der Waals surface area contributed by atoms with Crippen LogP contribution in [0.25, 0.3) is 22.2 Å². The molecule has 1 amide bonds. The molecule has 1 aromatic heterocycles. The maximum atomic E-state index is 11.2. The highest BCUT2D eigenvalue weighted by molar-refractivity contribution is 5.97. The van der Waals surface area contributed by atoms with Gasteiger partial charge in [-0.15, -0.1) is 0 Å². The molecule has 0 aliphatic heterocycles. The molecule has 0 spiro atoms. The molecule has 0 bridgehead atoms. The van der Waals surface area contributed by atoms with Gasteiger partial charge in [0, 0.05) is 23.6 Å². The summed E-state index contributed by atoms with van der Waals surface area (Å²) in [5.74, 6) is 0.529. The normalized spacial score (nSPS) is 10.7. The Labute approximate surface area is 133 Å². The van der Waals surface area contributed by atoms with Crippen LogP contribution in [0.2, 0.25) is 0 Å². The van der Waals surface area contributed by atoms with E-state index in [-0.39, 0.29) is 5.91 Å². The van der Waals surface area contributed by atoms with E-state index >= 15 is 0 Å². The Hall–Kier alpha value is -3.02. The van der Waals surface area contributed by atoms with Gasteiger partial charge in [0.05, 0.1) is 17.8 Å². The second-order valence-corrected chi connectivity index (χ2v) is 5.20. The van der Waals surface area contributed by atoms with Gasteiger partial charge < -0.3 is 15.8 Å². The summed E-state index contributed by atoms with van der Waals surface area (Å²) in [6.45, 7) is 3.94. The maximum absolute atomic E-state index is 11.2. The number of aromatic amines is 1. The standard InChI is InChI=1S/C17H18N4O2/c1-3-23-16-8-13-15(9-14(16)18)20-21-17(13)11-5-4-6-12(7-11)19-10(2)22/h4-9H,3,18H2,1-2H3,(H,19,22)(H,20,21). The molecule has 2 aromatic carbocycles. The van der Waals surface area contributed by atoms with Crippen LogP contribution >= 0.6 is 0 Å². The zero-order valence-electron chi connectivity index (χ0n) is 13.0. The second kappa shape index (κ2) is 6.00. The van der Waals surface area contributed by atoms with Crippen LogP contribution in [0.1, 0.15) is 13.8 Å². The third-order valence-corrected chi connectivity index (χ3v) is 3.45. The summed E-state index contributed by atoms with van der Waals surface area (Å²) in [6.07, 6.45) is 0. The molecule has 0 saturated heterocycles. The number of aromatic nitrogens is 2. The molecule has 0 radical (unpaired) electrons. The maximum Gasteiger partial charge on any atom is 0.221 e. The zero-order chi connectivity index (χ0) is 16.4. The molecule has 0 atom stereocenters. The van der Waals surface area contributed by atoms with Gasteiger partial charge in [0.15, 0.2) is 0 Å². The summed E-state index contributed by atoms with van der Waals surface area (Å²) in [6, 6.07) is 11.2. The van der Waals surface area contributed by atoms with Gasteiger partial charge in [0.2, 0.25) is 5.91 Å². The van der Waals surface area contributed by atoms with Crippen molar-refractivity contribution in [2.45, 2.75) is 13.8 Å². The van der Waals surface area contributed by atoms with Crippen LogP contribution in [0.15, 0.2) is 36.4 Å². The second-order valence-electron chi connectivity index (χ2n) is 5.20. The molecule has 23 heavy (non-hydrogen) atoms. The lowest BCUT2D eigenvalue weighted by molar-refractivity contribution is -0.114. The first-order valence-corrected chi connectivity index (χ1v) is 7.37. The molecule has 1 heterocycles. The predicted octanol–water partition coefficient (Wildman–Crippen LogP) is 3.17. The molecule has 6 nitrogen and oxygen atoms in total. The number of benzene rings is 2. The van der Waals surface area contributed by atoms with E-state index in [4.69, 9.17) is 10.5 Å². The number of nitrogens with zero attached hydrogens (tertiary/aromatic N) is 1. The number of ether oxygens (including phenoxy) is 1. The number of carbonyl (C=O) groups is 1. The van der Waals surface area contributed by atoms with Crippen LogP contribution in [0.4, 0.5) is 11.4 Å². The number of hydrogen-bond acceptors (Lipinski definition) is 4. The summed E-state index contributed by atoms with van der Waals surface area (Å²) in [5.41, 5.74) is 9.80. The summed E-state index contributed by atoms with van der Waals surface area (Å²) in [7, 11) is 0. The average molecular weight is 310 g/mol. The molecular formula is C17H18N4O2. The van der Waals surface area contributed by atoms with Crippen LogP contribution in [0.3, 0.4) is 0 Å². The lowest BCUT2D eigenvalue weighted by atomic mass is 10.1. The van der Waals surface area contributed by atoms with E-state index in [0.29, 0.717) is 18.0 Å². The molecular weight excluding hydrogens is 292 g/mol. The first-order valence-electron chi connectivity index (χ1n) is 7.37. The number of anilines is 2. The van der Waals surface area contributed by atoms with Crippen molar-refractivity contribution in [1.82, 2.24) is 10.2 Å². The molecule has 6 heteroatoms. The van der Waals surface area contributed by atoms with Crippen LogP contribution in [-0.4, -0.2) is 22.7 Å². The van der Waals surface area contributed by atoms with E-state index in [9.17, 15) is 4.79 Å². The molecule has 0 aliphatic rings. The number of rotatable bonds is 4. The van der Waals surface area contributed by atoms with Gasteiger partial charge in [0.25, 0.3) is 0 Å². The molecule has 0 fully saturated rings. The molecule has 118 valence electrons. The van der Waals surface area contributed by atoms with Gasteiger partial charge in [-0.3, -0.25) is 9.89 Å². The lowest BCUT2D eigenvalue weighted by Crippen LogP contribution is -2.05. The van der Waals surface area contributed by atoms with Gasteiger partial charge in [-0.1, -0.05) is 12.1 Å². The van der Waals surface area contributed by atoms with Crippen molar-refractivity contribution in [2.75, 3.05) is 17.7 Å². The van der Waals surface area contributed by atoms with Crippen molar-refractivity contribution in [1.29, 1.82) is 0 Å².